The van der Waals surface area contributed by atoms with E-state index in [-0.39, 0.29) is 5.82 Å². The number of hydrogen-bond donors (Lipinski definition) is 3. The van der Waals surface area contributed by atoms with E-state index in [1.807, 2.05) is 6.92 Å². The molecule has 0 aliphatic carbocycles. The van der Waals surface area contributed by atoms with E-state index in [0.29, 0.717) is 34.2 Å². The van der Waals surface area contributed by atoms with Gasteiger partial charge in [0.15, 0.2) is 0 Å². The zero-order valence-corrected chi connectivity index (χ0v) is 10.8. The van der Waals surface area contributed by atoms with Crippen LogP contribution in [0.5, 0.6) is 0 Å². The standard InChI is InChI=1S/C14H13FN4O/c1-2-17-14-11-8-5-7(15)3-4-10(8)19-12(11)9(6-18-14)13(16)20/h3-6,19H,2H2,1H3,(H2,16,20)(H,17,18). The molecule has 0 saturated heterocycles. The number of carbonyl (C=O) groups is 1. The van der Waals surface area contributed by atoms with Crippen LogP contribution in [0.2, 0.25) is 0 Å². The summed E-state index contributed by atoms with van der Waals surface area (Å²) in [6.45, 7) is 2.60. The third-order valence-corrected chi connectivity index (χ3v) is 3.20. The summed E-state index contributed by atoms with van der Waals surface area (Å²) in [6.07, 6.45) is 1.42. The molecule has 2 heterocycles. The summed E-state index contributed by atoms with van der Waals surface area (Å²) in [5, 5.41) is 4.46. The smallest absolute Gasteiger partial charge is 0.252 e. The van der Waals surface area contributed by atoms with Crippen molar-refractivity contribution in [2.45, 2.75) is 6.92 Å². The molecule has 20 heavy (non-hydrogen) atoms. The lowest BCUT2D eigenvalue weighted by atomic mass is 10.1. The van der Waals surface area contributed by atoms with Gasteiger partial charge in [-0.05, 0) is 25.1 Å². The van der Waals surface area contributed by atoms with Crippen LogP contribution in [0, 0.1) is 5.82 Å². The predicted octanol–water partition coefficient (Wildman–Crippen LogP) is 2.39. The number of hydrogen-bond acceptors (Lipinski definition) is 3. The van der Waals surface area contributed by atoms with Gasteiger partial charge in [0, 0.05) is 23.6 Å². The average Bonchev–Trinajstić information content (AvgIpc) is 2.77. The van der Waals surface area contributed by atoms with Gasteiger partial charge in [0.05, 0.1) is 16.5 Å². The Morgan fingerprint density at radius 2 is 2.30 bits per heavy atom. The van der Waals surface area contributed by atoms with Gasteiger partial charge in [0.1, 0.15) is 11.6 Å². The minimum atomic E-state index is -0.572. The molecular weight excluding hydrogens is 259 g/mol. The van der Waals surface area contributed by atoms with Crippen LogP contribution in [0.25, 0.3) is 21.8 Å². The van der Waals surface area contributed by atoms with Gasteiger partial charge in [-0.2, -0.15) is 0 Å². The maximum Gasteiger partial charge on any atom is 0.252 e. The molecule has 3 aromatic rings. The molecule has 0 fully saturated rings. The molecule has 4 N–H and O–H groups in total. The number of pyridine rings is 1. The highest BCUT2D eigenvalue weighted by molar-refractivity contribution is 6.18. The monoisotopic (exact) mass is 272 g/mol. The Bertz CT molecular complexity index is 825. The molecule has 2 aromatic heterocycles. The number of H-pyrrole nitrogens is 1. The minimum Gasteiger partial charge on any atom is -0.370 e. The van der Waals surface area contributed by atoms with E-state index in [2.05, 4.69) is 15.3 Å². The van der Waals surface area contributed by atoms with E-state index in [1.165, 1.54) is 18.3 Å². The normalized spacial score (nSPS) is 11.1. The number of halogens is 1. The maximum atomic E-state index is 13.5. The number of benzene rings is 1. The van der Waals surface area contributed by atoms with Gasteiger partial charge in [-0.25, -0.2) is 9.37 Å². The molecule has 0 unspecified atom stereocenters. The molecule has 6 heteroatoms. The molecular formula is C14H13FN4O. The largest absolute Gasteiger partial charge is 0.370 e. The van der Waals surface area contributed by atoms with Crippen LogP contribution in [-0.2, 0) is 0 Å². The number of amides is 1. The van der Waals surface area contributed by atoms with Gasteiger partial charge in [-0.1, -0.05) is 0 Å². The topological polar surface area (TPSA) is 83.8 Å². The molecule has 102 valence electrons. The summed E-state index contributed by atoms with van der Waals surface area (Å²) in [6, 6.07) is 4.41. The quantitative estimate of drug-likeness (QED) is 0.684. The van der Waals surface area contributed by atoms with Gasteiger partial charge in [-0.15, -0.1) is 0 Å². The Morgan fingerprint density at radius 3 is 3.00 bits per heavy atom. The SMILES string of the molecule is CCNc1ncc(C(N)=O)c2[nH]c3ccc(F)cc3c12. The Labute approximate surface area is 114 Å². The lowest BCUT2D eigenvalue weighted by Crippen LogP contribution is -2.12. The molecule has 0 bridgehead atoms. The fourth-order valence-electron chi connectivity index (χ4n) is 2.36. The number of nitrogens with one attached hydrogen (secondary N) is 2. The highest BCUT2D eigenvalue weighted by Crippen LogP contribution is 2.32. The second kappa shape index (κ2) is 4.48. The lowest BCUT2D eigenvalue weighted by molar-refractivity contribution is 0.100. The number of anilines is 1. The number of rotatable bonds is 3. The molecule has 1 amide bonds. The van der Waals surface area contributed by atoms with Gasteiger partial charge in [0.2, 0.25) is 0 Å². The van der Waals surface area contributed by atoms with Crippen molar-refractivity contribution in [1.82, 2.24) is 9.97 Å². The summed E-state index contributed by atoms with van der Waals surface area (Å²) in [7, 11) is 0. The Hall–Kier alpha value is -2.63. The summed E-state index contributed by atoms with van der Waals surface area (Å²) < 4.78 is 13.5. The van der Waals surface area contributed by atoms with E-state index < -0.39 is 5.91 Å². The van der Waals surface area contributed by atoms with Crippen molar-refractivity contribution in [2.75, 3.05) is 11.9 Å². The number of nitrogens with zero attached hydrogens (tertiary/aromatic N) is 1. The van der Waals surface area contributed by atoms with Crippen molar-refractivity contribution in [3.63, 3.8) is 0 Å². The van der Waals surface area contributed by atoms with E-state index >= 15 is 0 Å². The first kappa shape index (κ1) is 12.4. The first-order chi connectivity index (χ1) is 9.61. The molecule has 1 aromatic carbocycles. The van der Waals surface area contributed by atoms with Crippen LogP contribution < -0.4 is 11.1 Å². The van der Waals surface area contributed by atoms with Crippen molar-refractivity contribution in [2.24, 2.45) is 5.73 Å². The highest BCUT2D eigenvalue weighted by Gasteiger charge is 2.16. The summed E-state index contributed by atoms with van der Waals surface area (Å²) in [5.41, 5.74) is 6.96. The second-order valence-corrected chi connectivity index (χ2v) is 4.48. The number of aromatic nitrogens is 2. The highest BCUT2D eigenvalue weighted by atomic mass is 19.1. The third kappa shape index (κ3) is 1.77. The molecule has 0 aliphatic heterocycles. The second-order valence-electron chi connectivity index (χ2n) is 4.48. The molecule has 3 rings (SSSR count). The number of aromatic amines is 1. The minimum absolute atomic E-state index is 0.290. The first-order valence-electron chi connectivity index (χ1n) is 6.25. The van der Waals surface area contributed by atoms with Crippen LogP contribution in [0.3, 0.4) is 0 Å². The van der Waals surface area contributed by atoms with Crippen molar-refractivity contribution in [3.05, 3.63) is 35.8 Å². The first-order valence-corrected chi connectivity index (χ1v) is 6.25. The summed E-state index contributed by atoms with van der Waals surface area (Å²) in [4.78, 5) is 18.8. The average molecular weight is 272 g/mol. The van der Waals surface area contributed by atoms with Crippen molar-refractivity contribution in [3.8, 4) is 0 Å². The van der Waals surface area contributed by atoms with E-state index in [0.717, 1.165) is 5.52 Å². The van der Waals surface area contributed by atoms with Crippen LogP contribution in [0.15, 0.2) is 24.4 Å². The fraction of sp³-hybridized carbons (Fsp3) is 0.143. The molecule has 0 aliphatic rings. The Kier molecular flexibility index (Phi) is 2.78. The Balaban J connectivity index is 2.47. The Morgan fingerprint density at radius 1 is 1.50 bits per heavy atom. The molecule has 0 spiro atoms. The van der Waals surface area contributed by atoms with Crippen molar-refractivity contribution >= 4 is 33.5 Å². The zero-order valence-electron chi connectivity index (χ0n) is 10.8. The van der Waals surface area contributed by atoms with Crippen LogP contribution in [-0.4, -0.2) is 22.4 Å². The van der Waals surface area contributed by atoms with Crippen molar-refractivity contribution in [1.29, 1.82) is 0 Å². The van der Waals surface area contributed by atoms with Crippen LogP contribution in [0.1, 0.15) is 17.3 Å². The molecule has 0 atom stereocenters. The van der Waals surface area contributed by atoms with Crippen molar-refractivity contribution < 1.29 is 9.18 Å². The van der Waals surface area contributed by atoms with Gasteiger partial charge >= 0.3 is 0 Å². The zero-order chi connectivity index (χ0) is 14.3. The number of carbonyl (C=O) groups excluding carboxylic acids is 1. The van der Waals surface area contributed by atoms with Crippen LogP contribution >= 0.6 is 0 Å². The lowest BCUT2D eigenvalue weighted by Gasteiger charge is -2.06. The number of fused-ring (bicyclic) bond motifs is 3. The molecule has 0 saturated carbocycles. The van der Waals surface area contributed by atoms with Gasteiger partial charge in [0.25, 0.3) is 5.91 Å². The van der Waals surface area contributed by atoms with Crippen LogP contribution in [0.4, 0.5) is 10.2 Å². The summed E-state index contributed by atoms with van der Waals surface area (Å²) in [5.74, 6) is -0.313. The fourth-order valence-corrected chi connectivity index (χ4v) is 2.36. The summed E-state index contributed by atoms with van der Waals surface area (Å²) >= 11 is 0. The van der Waals surface area contributed by atoms with Gasteiger partial charge < -0.3 is 16.0 Å². The van der Waals surface area contributed by atoms with E-state index in [9.17, 15) is 9.18 Å². The molecule has 0 radical (unpaired) electrons. The third-order valence-electron chi connectivity index (χ3n) is 3.20. The van der Waals surface area contributed by atoms with E-state index in [1.54, 1.807) is 6.07 Å². The number of nitrogens with two attached hydrogens (primary N) is 1. The van der Waals surface area contributed by atoms with Gasteiger partial charge in [-0.3, -0.25) is 4.79 Å². The van der Waals surface area contributed by atoms with E-state index in [4.69, 9.17) is 5.73 Å². The predicted molar refractivity (Wildman–Crippen MR) is 76.2 cm³/mol. The number of primary amides is 1. The maximum absolute atomic E-state index is 13.5. The molecule has 5 nitrogen and oxygen atoms in total.